The summed E-state index contributed by atoms with van der Waals surface area (Å²) in [7, 11) is 0. The third-order valence-electron chi connectivity index (χ3n) is 5.28. The third-order valence-corrected chi connectivity index (χ3v) is 5.28. The van der Waals surface area contributed by atoms with Crippen molar-refractivity contribution in [1.29, 1.82) is 0 Å². The molecule has 2 heteroatoms. The Balaban J connectivity index is 1.77. The van der Waals surface area contributed by atoms with Gasteiger partial charge < -0.3 is 4.74 Å². The van der Waals surface area contributed by atoms with Gasteiger partial charge in [0.05, 0.1) is 12.2 Å². The molecule has 2 atom stereocenters. The normalized spacial score (nSPS) is 19.6. The summed E-state index contributed by atoms with van der Waals surface area (Å²) in [6.07, 6.45) is 22.1. The molecule has 0 spiro atoms. The molecule has 0 aromatic carbocycles. The van der Waals surface area contributed by atoms with E-state index >= 15 is 0 Å². The summed E-state index contributed by atoms with van der Waals surface area (Å²) in [4.78, 5) is 11.6. The number of carbonyl (C=O) groups excluding carboxylic acids is 1. The zero-order valence-corrected chi connectivity index (χ0v) is 16.5. The van der Waals surface area contributed by atoms with E-state index in [4.69, 9.17) is 4.74 Å². The first-order chi connectivity index (χ1) is 11.8. The molecule has 0 aliphatic carbocycles. The number of hydrogen-bond acceptors (Lipinski definition) is 2. The summed E-state index contributed by atoms with van der Waals surface area (Å²) in [6.45, 7) is 4.42. The molecule has 142 valence electrons. The van der Waals surface area contributed by atoms with E-state index in [2.05, 4.69) is 13.8 Å². The largest absolute Gasteiger partial charge is 0.370 e. The zero-order valence-electron chi connectivity index (χ0n) is 16.5. The lowest BCUT2D eigenvalue weighted by molar-refractivity contribution is -0.119. The second kappa shape index (κ2) is 14.9. The lowest BCUT2D eigenvalue weighted by Crippen LogP contribution is -1.97. The van der Waals surface area contributed by atoms with Gasteiger partial charge in [-0.3, -0.25) is 4.79 Å². The van der Waals surface area contributed by atoms with Crippen LogP contribution in [-0.4, -0.2) is 18.0 Å². The number of epoxide rings is 1. The molecule has 2 nitrogen and oxygen atoms in total. The maximum atomic E-state index is 11.6. The molecule has 1 heterocycles. The Bertz CT molecular complexity index is 300. The number of carbonyl (C=O) groups is 1. The van der Waals surface area contributed by atoms with Gasteiger partial charge in [-0.05, 0) is 25.7 Å². The average Bonchev–Trinajstić information content (AvgIpc) is 3.33. The summed E-state index contributed by atoms with van der Waals surface area (Å²) in [5.41, 5.74) is 0. The Morgan fingerprint density at radius 3 is 1.67 bits per heavy atom. The SMILES string of the molecule is CCCCCCCCC1OC1CCCCCCCC(=O)CCCC. The van der Waals surface area contributed by atoms with E-state index in [1.807, 2.05) is 0 Å². The van der Waals surface area contributed by atoms with Crippen LogP contribution in [0.2, 0.25) is 0 Å². The maximum absolute atomic E-state index is 11.6. The maximum Gasteiger partial charge on any atom is 0.132 e. The first-order valence-electron chi connectivity index (χ1n) is 10.9. The van der Waals surface area contributed by atoms with E-state index in [0.717, 1.165) is 32.1 Å². The van der Waals surface area contributed by atoms with E-state index in [9.17, 15) is 4.79 Å². The number of unbranched alkanes of at least 4 members (excludes halogenated alkanes) is 10. The molecule has 0 aromatic heterocycles. The van der Waals surface area contributed by atoms with Gasteiger partial charge >= 0.3 is 0 Å². The number of hydrogen-bond donors (Lipinski definition) is 0. The van der Waals surface area contributed by atoms with Crippen LogP contribution in [0.3, 0.4) is 0 Å². The average molecular weight is 339 g/mol. The van der Waals surface area contributed by atoms with Crippen LogP contribution in [0.5, 0.6) is 0 Å². The minimum atomic E-state index is 0.473. The van der Waals surface area contributed by atoms with Gasteiger partial charge in [0.2, 0.25) is 0 Å². The highest BCUT2D eigenvalue weighted by Gasteiger charge is 2.36. The smallest absolute Gasteiger partial charge is 0.132 e. The van der Waals surface area contributed by atoms with Gasteiger partial charge in [-0.15, -0.1) is 0 Å². The molecule has 1 fully saturated rings. The molecule has 0 bridgehead atoms. The highest BCUT2D eigenvalue weighted by Crippen LogP contribution is 2.31. The van der Waals surface area contributed by atoms with Crippen molar-refractivity contribution in [3.8, 4) is 0 Å². The quantitative estimate of drug-likeness (QED) is 0.199. The van der Waals surface area contributed by atoms with Crippen LogP contribution in [0.1, 0.15) is 123 Å². The number of Topliss-reactive ketones (excluding diaryl/α,β-unsaturated/α-hetero) is 1. The number of ether oxygens (including phenoxy) is 1. The molecule has 1 saturated heterocycles. The molecule has 1 aliphatic heterocycles. The molecule has 1 rings (SSSR count). The third kappa shape index (κ3) is 12.1. The van der Waals surface area contributed by atoms with Crippen molar-refractivity contribution in [3.05, 3.63) is 0 Å². The topological polar surface area (TPSA) is 29.6 Å². The first-order valence-corrected chi connectivity index (χ1v) is 10.9. The fourth-order valence-electron chi connectivity index (χ4n) is 3.51. The Morgan fingerprint density at radius 2 is 1.08 bits per heavy atom. The molecule has 2 unspecified atom stereocenters. The van der Waals surface area contributed by atoms with Crippen molar-refractivity contribution in [3.63, 3.8) is 0 Å². The minimum Gasteiger partial charge on any atom is -0.370 e. The van der Waals surface area contributed by atoms with E-state index in [-0.39, 0.29) is 0 Å². The Morgan fingerprint density at radius 1 is 0.625 bits per heavy atom. The van der Waals surface area contributed by atoms with E-state index in [1.54, 1.807) is 0 Å². The summed E-state index contributed by atoms with van der Waals surface area (Å²) in [5.74, 6) is 0.473. The highest BCUT2D eigenvalue weighted by atomic mass is 16.6. The van der Waals surface area contributed by atoms with Crippen molar-refractivity contribution < 1.29 is 9.53 Å². The molecule has 0 aromatic rings. The van der Waals surface area contributed by atoms with Crippen LogP contribution in [0.15, 0.2) is 0 Å². The lowest BCUT2D eigenvalue weighted by atomic mass is 10.0. The predicted octanol–water partition coefficient (Wildman–Crippen LogP) is 6.99. The van der Waals surface area contributed by atoms with Crippen molar-refractivity contribution in [2.45, 2.75) is 135 Å². The molecule has 0 amide bonds. The molecule has 24 heavy (non-hydrogen) atoms. The summed E-state index contributed by atoms with van der Waals surface area (Å²) < 4.78 is 5.80. The standard InChI is InChI=1S/C22H42O2/c1-3-5-7-8-11-14-18-21-22(24-21)19-15-12-9-10-13-17-20(23)16-6-4-2/h21-22H,3-19H2,1-2H3. The highest BCUT2D eigenvalue weighted by molar-refractivity contribution is 5.78. The second-order valence-electron chi connectivity index (χ2n) is 7.72. The molecule has 0 saturated carbocycles. The van der Waals surface area contributed by atoms with Crippen molar-refractivity contribution in [1.82, 2.24) is 0 Å². The fourth-order valence-corrected chi connectivity index (χ4v) is 3.51. The van der Waals surface area contributed by atoms with Gasteiger partial charge in [-0.2, -0.15) is 0 Å². The van der Waals surface area contributed by atoms with E-state index in [1.165, 1.54) is 77.0 Å². The van der Waals surface area contributed by atoms with Gasteiger partial charge in [0.1, 0.15) is 5.78 Å². The summed E-state index contributed by atoms with van der Waals surface area (Å²) >= 11 is 0. The number of ketones is 1. The van der Waals surface area contributed by atoms with E-state index < -0.39 is 0 Å². The zero-order chi connectivity index (χ0) is 17.5. The van der Waals surface area contributed by atoms with Gasteiger partial charge in [0.15, 0.2) is 0 Å². The van der Waals surface area contributed by atoms with Gasteiger partial charge in [-0.25, -0.2) is 0 Å². The minimum absolute atomic E-state index is 0.473. The summed E-state index contributed by atoms with van der Waals surface area (Å²) in [6, 6.07) is 0. The molecule has 0 N–H and O–H groups in total. The van der Waals surface area contributed by atoms with Crippen LogP contribution < -0.4 is 0 Å². The van der Waals surface area contributed by atoms with Crippen LogP contribution in [0.25, 0.3) is 0 Å². The molecular formula is C22H42O2. The van der Waals surface area contributed by atoms with Gasteiger partial charge in [-0.1, -0.05) is 84.5 Å². The monoisotopic (exact) mass is 338 g/mol. The predicted molar refractivity (Wildman–Crippen MR) is 104 cm³/mol. The molecular weight excluding hydrogens is 296 g/mol. The van der Waals surface area contributed by atoms with Crippen LogP contribution in [-0.2, 0) is 9.53 Å². The number of rotatable bonds is 18. The Labute approximate surface area is 151 Å². The molecule has 1 aliphatic rings. The fraction of sp³-hybridized carbons (Fsp3) is 0.955. The first kappa shape index (κ1) is 21.7. The van der Waals surface area contributed by atoms with E-state index in [0.29, 0.717) is 18.0 Å². The Hall–Kier alpha value is -0.370. The van der Waals surface area contributed by atoms with Crippen molar-refractivity contribution >= 4 is 5.78 Å². The van der Waals surface area contributed by atoms with Gasteiger partial charge in [0.25, 0.3) is 0 Å². The van der Waals surface area contributed by atoms with Crippen LogP contribution in [0.4, 0.5) is 0 Å². The van der Waals surface area contributed by atoms with Crippen molar-refractivity contribution in [2.75, 3.05) is 0 Å². The summed E-state index contributed by atoms with van der Waals surface area (Å²) in [5, 5.41) is 0. The Kier molecular flexibility index (Phi) is 13.5. The van der Waals surface area contributed by atoms with Crippen LogP contribution in [0, 0.1) is 0 Å². The van der Waals surface area contributed by atoms with Crippen LogP contribution >= 0.6 is 0 Å². The molecule has 0 radical (unpaired) electrons. The lowest BCUT2D eigenvalue weighted by Gasteiger charge is -2.01. The second-order valence-corrected chi connectivity index (χ2v) is 7.72. The van der Waals surface area contributed by atoms with Crippen molar-refractivity contribution in [2.24, 2.45) is 0 Å². The van der Waals surface area contributed by atoms with Gasteiger partial charge in [0, 0.05) is 12.8 Å².